The van der Waals surface area contributed by atoms with Gasteiger partial charge in [-0.05, 0) is 50.2 Å². The molecule has 0 aliphatic heterocycles. The van der Waals surface area contributed by atoms with Crippen molar-refractivity contribution in [3.8, 4) is 0 Å². The van der Waals surface area contributed by atoms with Crippen molar-refractivity contribution in [1.82, 2.24) is 9.88 Å². The summed E-state index contributed by atoms with van der Waals surface area (Å²) in [5.74, 6) is 0. The van der Waals surface area contributed by atoms with Gasteiger partial charge in [0.05, 0.1) is 5.69 Å². The maximum atomic E-state index is 4.58. The molecule has 0 atom stereocenters. The zero-order valence-electron chi connectivity index (χ0n) is 13.3. The third-order valence-electron chi connectivity index (χ3n) is 3.55. The number of aromatic nitrogens is 1. The maximum Gasteiger partial charge on any atom is 0.0547 e. The van der Waals surface area contributed by atoms with Gasteiger partial charge in [0.15, 0.2) is 0 Å². The van der Waals surface area contributed by atoms with E-state index in [1.54, 1.807) is 0 Å². The second kappa shape index (κ2) is 7.79. The van der Waals surface area contributed by atoms with Crippen LogP contribution in [0.3, 0.4) is 0 Å². The number of nitrogens with zero attached hydrogens (tertiary/aromatic N) is 2. The number of rotatable bonds is 7. The van der Waals surface area contributed by atoms with Crippen LogP contribution in [-0.2, 0) is 6.54 Å². The molecule has 0 aliphatic carbocycles. The van der Waals surface area contributed by atoms with Gasteiger partial charge in [-0.1, -0.05) is 25.1 Å². The lowest BCUT2D eigenvalue weighted by Gasteiger charge is -2.20. The van der Waals surface area contributed by atoms with Crippen LogP contribution in [-0.4, -0.2) is 29.5 Å². The normalized spacial score (nSPS) is 10.9. The van der Waals surface area contributed by atoms with E-state index in [0.29, 0.717) is 0 Å². The maximum absolute atomic E-state index is 4.58. The lowest BCUT2D eigenvalue weighted by atomic mass is 10.2. The topological polar surface area (TPSA) is 28.2 Å². The minimum Gasteiger partial charge on any atom is -0.384 e. The van der Waals surface area contributed by atoms with E-state index in [0.717, 1.165) is 37.6 Å². The fraction of sp³-hybridized carbons (Fsp3) is 0.389. The van der Waals surface area contributed by atoms with E-state index in [2.05, 4.69) is 65.4 Å². The number of benzene rings is 1. The smallest absolute Gasteiger partial charge is 0.0547 e. The summed E-state index contributed by atoms with van der Waals surface area (Å²) in [5, 5.41) is 3.49. The third kappa shape index (κ3) is 5.20. The van der Waals surface area contributed by atoms with Crippen LogP contribution >= 0.6 is 0 Å². The molecule has 0 aliphatic rings. The monoisotopic (exact) mass is 283 g/mol. The van der Waals surface area contributed by atoms with Crippen molar-refractivity contribution in [3.63, 3.8) is 0 Å². The van der Waals surface area contributed by atoms with Gasteiger partial charge in [0.2, 0.25) is 0 Å². The summed E-state index contributed by atoms with van der Waals surface area (Å²) in [7, 11) is 0. The number of hydrogen-bond donors (Lipinski definition) is 1. The first-order valence-corrected chi connectivity index (χ1v) is 7.63. The van der Waals surface area contributed by atoms with Crippen LogP contribution in [0, 0.1) is 13.8 Å². The second-order valence-electron chi connectivity index (χ2n) is 5.44. The number of pyridine rings is 1. The standard InChI is InChI=1S/C18H25N3/c1-4-21(14-18-10-6-8-16(3)20-18)12-11-19-17-9-5-7-15(2)13-17/h5-10,13,19H,4,11-12,14H2,1-3H3. The highest BCUT2D eigenvalue weighted by Crippen LogP contribution is 2.09. The Kier molecular flexibility index (Phi) is 5.76. The van der Waals surface area contributed by atoms with Gasteiger partial charge >= 0.3 is 0 Å². The highest BCUT2D eigenvalue weighted by Gasteiger charge is 2.04. The predicted molar refractivity (Wildman–Crippen MR) is 89.6 cm³/mol. The Morgan fingerprint density at radius 1 is 1.10 bits per heavy atom. The lowest BCUT2D eigenvalue weighted by Crippen LogP contribution is -2.29. The van der Waals surface area contributed by atoms with E-state index >= 15 is 0 Å². The van der Waals surface area contributed by atoms with E-state index in [-0.39, 0.29) is 0 Å². The molecule has 0 fully saturated rings. The number of aryl methyl sites for hydroxylation is 2. The van der Waals surface area contributed by atoms with Crippen molar-refractivity contribution in [2.75, 3.05) is 25.0 Å². The minimum absolute atomic E-state index is 0.910. The molecule has 2 aromatic rings. The molecule has 1 heterocycles. The Balaban J connectivity index is 1.82. The molecule has 0 bridgehead atoms. The zero-order valence-corrected chi connectivity index (χ0v) is 13.3. The zero-order chi connectivity index (χ0) is 15.1. The van der Waals surface area contributed by atoms with Gasteiger partial charge in [0, 0.05) is 31.0 Å². The van der Waals surface area contributed by atoms with Crippen LogP contribution in [0.25, 0.3) is 0 Å². The third-order valence-corrected chi connectivity index (χ3v) is 3.55. The van der Waals surface area contributed by atoms with Crippen molar-refractivity contribution >= 4 is 5.69 Å². The Hall–Kier alpha value is -1.87. The van der Waals surface area contributed by atoms with Gasteiger partial charge in [0.1, 0.15) is 0 Å². The molecule has 3 heteroatoms. The first-order valence-electron chi connectivity index (χ1n) is 7.63. The molecule has 0 saturated heterocycles. The molecular weight excluding hydrogens is 258 g/mol. The van der Waals surface area contributed by atoms with Crippen LogP contribution in [0.1, 0.15) is 23.9 Å². The molecule has 0 saturated carbocycles. The molecule has 0 radical (unpaired) electrons. The quantitative estimate of drug-likeness (QED) is 0.841. The van der Waals surface area contributed by atoms with Gasteiger partial charge < -0.3 is 5.32 Å². The van der Waals surface area contributed by atoms with Crippen molar-refractivity contribution in [3.05, 3.63) is 59.4 Å². The Morgan fingerprint density at radius 2 is 1.90 bits per heavy atom. The summed E-state index contributed by atoms with van der Waals surface area (Å²) in [6.45, 7) is 10.3. The molecule has 21 heavy (non-hydrogen) atoms. The minimum atomic E-state index is 0.910. The average molecular weight is 283 g/mol. The molecule has 0 unspecified atom stereocenters. The molecule has 0 spiro atoms. The van der Waals surface area contributed by atoms with Gasteiger partial charge in [0.25, 0.3) is 0 Å². The number of hydrogen-bond acceptors (Lipinski definition) is 3. The summed E-state index contributed by atoms with van der Waals surface area (Å²) >= 11 is 0. The largest absolute Gasteiger partial charge is 0.384 e. The predicted octanol–water partition coefficient (Wildman–Crippen LogP) is 3.63. The van der Waals surface area contributed by atoms with Crippen molar-refractivity contribution in [2.45, 2.75) is 27.3 Å². The van der Waals surface area contributed by atoms with Crippen LogP contribution in [0.15, 0.2) is 42.5 Å². The summed E-state index contributed by atoms with van der Waals surface area (Å²) in [5.41, 5.74) is 4.71. The summed E-state index contributed by atoms with van der Waals surface area (Å²) < 4.78 is 0. The Bertz CT molecular complexity index is 566. The van der Waals surface area contributed by atoms with Crippen molar-refractivity contribution in [1.29, 1.82) is 0 Å². The van der Waals surface area contributed by atoms with Gasteiger partial charge in [-0.15, -0.1) is 0 Å². The molecule has 112 valence electrons. The average Bonchev–Trinajstić information content (AvgIpc) is 2.46. The summed E-state index contributed by atoms with van der Waals surface area (Å²) in [6.07, 6.45) is 0. The van der Waals surface area contributed by atoms with E-state index in [9.17, 15) is 0 Å². The van der Waals surface area contributed by atoms with Crippen LogP contribution in [0.5, 0.6) is 0 Å². The first kappa shape index (κ1) is 15.5. The van der Waals surface area contributed by atoms with Crippen LogP contribution in [0.2, 0.25) is 0 Å². The van der Waals surface area contributed by atoms with Gasteiger partial charge in [-0.25, -0.2) is 0 Å². The van der Waals surface area contributed by atoms with Gasteiger partial charge in [-0.3, -0.25) is 9.88 Å². The molecular formula is C18H25N3. The van der Waals surface area contributed by atoms with Crippen molar-refractivity contribution in [2.24, 2.45) is 0 Å². The Labute approximate surface area is 128 Å². The second-order valence-corrected chi connectivity index (χ2v) is 5.44. The van der Waals surface area contributed by atoms with Gasteiger partial charge in [-0.2, -0.15) is 0 Å². The van der Waals surface area contributed by atoms with Crippen LogP contribution in [0.4, 0.5) is 5.69 Å². The SMILES string of the molecule is CCN(CCNc1cccc(C)c1)Cc1cccc(C)n1. The summed E-state index contributed by atoms with van der Waals surface area (Å²) in [6, 6.07) is 14.7. The van der Waals surface area contributed by atoms with E-state index in [4.69, 9.17) is 0 Å². The molecule has 1 N–H and O–H groups in total. The van der Waals surface area contributed by atoms with Crippen LogP contribution < -0.4 is 5.32 Å². The highest BCUT2D eigenvalue weighted by molar-refractivity contribution is 5.45. The number of anilines is 1. The first-order chi connectivity index (χ1) is 10.2. The number of nitrogens with one attached hydrogen (secondary N) is 1. The lowest BCUT2D eigenvalue weighted by molar-refractivity contribution is 0.287. The fourth-order valence-electron chi connectivity index (χ4n) is 2.38. The summed E-state index contributed by atoms with van der Waals surface area (Å²) in [4.78, 5) is 6.98. The molecule has 2 rings (SSSR count). The fourth-order valence-corrected chi connectivity index (χ4v) is 2.38. The van der Waals surface area contributed by atoms with E-state index in [1.807, 2.05) is 13.0 Å². The molecule has 0 amide bonds. The number of likely N-dealkylation sites (N-methyl/N-ethyl adjacent to an activating group) is 1. The molecule has 3 nitrogen and oxygen atoms in total. The van der Waals surface area contributed by atoms with Crippen molar-refractivity contribution < 1.29 is 0 Å². The Morgan fingerprint density at radius 3 is 2.62 bits per heavy atom. The van der Waals surface area contributed by atoms with E-state index in [1.165, 1.54) is 11.3 Å². The molecule has 1 aromatic heterocycles. The highest BCUT2D eigenvalue weighted by atomic mass is 15.1. The molecule has 1 aromatic carbocycles. The van der Waals surface area contributed by atoms with E-state index < -0.39 is 0 Å².